The number of aliphatic hydroxyl groups excluding tert-OH is 1. The highest BCUT2D eigenvalue weighted by Gasteiger charge is 2.50. The number of aliphatic hydroxyl groups is 1. The summed E-state index contributed by atoms with van der Waals surface area (Å²) in [5.74, 6) is -1.70. The molecule has 0 radical (unpaired) electrons. The third-order valence-corrected chi connectivity index (χ3v) is 5.09. The van der Waals surface area contributed by atoms with Crippen LogP contribution in [0.25, 0.3) is 0 Å². The number of rotatable bonds is 9. The fourth-order valence-electron chi connectivity index (χ4n) is 3.38. The fraction of sp³-hybridized carbons (Fsp3) is 0.462. The molecule has 34 heavy (non-hydrogen) atoms. The number of hydrazine groups is 1. The maximum absolute atomic E-state index is 13.3. The van der Waals surface area contributed by atoms with Crippen molar-refractivity contribution in [2.75, 3.05) is 0 Å². The first-order chi connectivity index (χ1) is 15.9. The van der Waals surface area contributed by atoms with Crippen LogP contribution in [-0.4, -0.2) is 39.9 Å². The van der Waals surface area contributed by atoms with Crippen LogP contribution < -0.4 is 11.2 Å². The Labute approximate surface area is 202 Å². The number of nitrogens with two attached hydrogens (primary N) is 1. The first-order valence-corrected chi connectivity index (χ1v) is 11.4. The lowest BCUT2D eigenvalue weighted by Gasteiger charge is -2.46. The molecule has 0 aromatic heterocycles. The molecule has 0 fully saturated rings. The minimum Gasteiger partial charge on any atom is -0.461 e. The molecule has 0 saturated carbocycles. The topological polar surface area (TPSA) is 114 Å². The lowest BCUT2D eigenvalue weighted by molar-refractivity contribution is -0.160. The molecule has 3 atom stereocenters. The van der Waals surface area contributed by atoms with Gasteiger partial charge in [-0.15, -0.1) is 0 Å². The Kier molecular flexibility index (Phi) is 9.21. The summed E-state index contributed by atoms with van der Waals surface area (Å²) in [5, 5.41) is 12.5. The Morgan fingerprint density at radius 1 is 1.00 bits per heavy atom. The Morgan fingerprint density at radius 3 is 2.03 bits per heavy atom. The fourth-order valence-corrected chi connectivity index (χ4v) is 3.38. The van der Waals surface area contributed by atoms with Gasteiger partial charge in [-0.2, -0.15) is 0 Å². The number of carbonyl (C=O) groups excluding carboxylic acids is 2. The molecular weight excluding hydrogens is 434 g/mol. The Hall–Kier alpha value is -2.94. The van der Waals surface area contributed by atoms with Crippen LogP contribution in [0.15, 0.2) is 60.7 Å². The molecule has 2 rings (SSSR count). The van der Waals surface area contributed by atoms with Gasteiger partial charge in [-0.3, -0.25) is 4.79 Å². The zero-order chi connectivity index (χ0) is 25.5. The van der Waals surface area contributed by atoms with Crippen LogP contribution >= 0.6 is 0 Å². The number of benzene rings is 2. The van der Waals surface area contributed by atoms with Crippen molar-refractivity contribution in [3.05, 3.63) is 71.8 Å². The van der Waals surface area contributed by atoms with E-state index in [0.717, 1.165) is 10.6 Å². The number of amides is 1. The molecule has 0 spiro atoms. The van der Waals surface area contributed by atoms with Crippen molar-refractivity contribution in [1.82, 2.24) is 10.4 Å². The van der Waals surface area contributed by atoms with E-state index in [1.54, 1.807) is 51.1 Å². The number of carbonyl (C=O) groups is 2. The van der Waals surface area contributed by atoms with Crippen molar-refractivity contribution in [2.45, 2.75) is 71.6 Å². The highest BCUT2D eigenvalue weighted by molar-refractivity contribution is 5.74. The molecule has 0 heterocycles. The average molecular weight is 472 g/mol. The van der Waals surface area contributed by atoms with Crippen molar-refractivity contribution in [1.29, 1.82) is 0 Å². The van der Waals surface area contributed by atoms with E-state index in [0.29, 0.717) is 5.56 Å². The number of hydrogen-bond donors (Lipinski definition) is 3. The van der Waals surface area contributed by atoms with Gasteiger partial charge < -0.3 is 20.3 Å². The summed E-state index contributed by atoms with van der Waals surface area (Å²) in [6.45, 7) is 10.4. The number of nitrogens with zero attached hydrogens (tertiary/aromatic N) is 1. The second kappa shape index (κ2) is 11.5. The first kappa shape index (κ1) is 27.3. The number of esters is 1. The van der Waals surface area contributed by atoms with E-state index in [9.17, 15) is 14.7 Å². The van der Waals surface area contributed by atoms with E-state index in [2.05, 4.69) is 5.43 Å². The van der Waals surface area contributed by atoms with Gasteiger partial charge in [0.2, 0.25) is 0 Å². The summed E-state index contributed by atoms with van der Waals surface area (Å²) >= 11 is 0. The molecule has 8 nitrogen and oxygen atoms in total. The first-order valence-electron chi connectivity index (χ1n) is 11.4. The van der Waals surface area contributed by atoms with E-state index in [1.165, 1.54) is 6.92 Å². The van der Waals surface area contributed by atoms with Crippen LogP contribution in [0.3, 0.4) is 0 Å². The summed E-state index contributed by atoms with van der Waals surface area (Å²) in [5.41, 5.74) is 8.40. The predicted molar refractivity (Wildman–Crippen MR) is 130 cm³/mol. The van der Waals surface area contributed by atoms with Gasteiger partial charge in [0.25, 0.3) is 0 Å². The van der Waals surface area contributed by atoms with E-state index in [4.69, 9.17) is 15.2 Å². The molecule has 2 aromatic rings. The molecule has 0 aliphatic heterocycles. The van der Waals surface area contributed by atoms with Crippen LogP contribution in [-0.2, 0) is 26.5 Å². The molecule has 0 saturated heterocycles. The standard InChI is InChI=1S/C26H37N3O5/c1-18(2)28-29(24(32)34-25(4,5)6)26(27,21-15-11-8-12-16-21)22(30)19(3)23(31)33-17-20-13-9-7-10-14-20/h7-16,18-19,22,28,30H,17,27H2,1-6H3/t19-,22+,26?/m0/s1. The number of hydrogen-bond acceptors (Lipinski definition) is 7. The molecule has 186 valence electrons. The minimum atomic E-state index is -1.85. The van der Waals surface area contributed by atoms with Crippen molar-refractivity contribution >= 4 is 12.1 Å². The Bertz CT molecular complexity index is 930. The summed E-state index contributed by atoms with van der Waals surface area (Å²) in [6.07, 6.45) is -2.31. The minimum absolute atomic E-state index is 0.0552. The average Bonchev–Trinajstić information content (AvgIpc) is 2.79. The third kappa shape index (κ3) is 7.03. The van der Waals surface area contributed by atoms with E-state index >= 15 is 0 Å². The molecule has 0 aliphatic carbocycles. The normalized spacial score (nSPS) is 15.2. The van der Waals surface area contributed by atoms with Gasteiger partial charge in [-0.1, -0.05) is 60.7 Å². The van der Waals surface area contributed by atoms with Crippen LogP contribution in [0.2, 0.25) is 0 Å². The number of nitrogens with one attached hydrogen (secondary N) is 1. The lowest BCUT2D eigenvalue weighted by atomic mass is 9.86. The van der Waals surface area contributed by atoms with Gasteiger partial charge in [0.05, 0.1) is 5.92 Å². The lowest BCUT2D eigenvalue weighted by Crippen LogP contribution is -2.69. The Morgan fingerprint density at radius 2 is 1.53 bits per heavy atom. The zero-order valence-corrected chi connectivity index (χ0v) is 20.8. The van der Waals surface area contributed by atoms with Crippen molar-refractivity contribution < 1.29 is 24.2 Å². The van der Waals surface area contributed by atoms with E-state index in [1.807, 2.05) is 44.2 Å². The molecule has 1 amide bonds. The maximum Gasteiger partial charge on any atom is 0.426 e. The van der Waals surface area contributed by atoms with Crippen LogP contribution in [0.5, 0.6) is 0 Å². The largest absolute Gasteiger partial charge is 0.461 e. The van der Waals surface area contributed by atoms with Crippen molar-refractivity contribution in [3.8, 4) is 0 Å². The molecular formula is C26H37N3O5. The Balaban J connectivity index is 2.42. The second-order valence-corrected chi connectivity index (χ2v) is 9.62. The monoisotopic (exact) mass is 471 g/mol. The molecule has 2 aromatic carbocycles. The summed E-state index contributed by atoms with van der Waals surface area (Å²) in [7, 11) is 0. The predicted octanol–water partition coefficient (Wildman–Crippen LogP) is 3.69. The van der Waals surface area contributed by atoms with Gasteiger partial charge >= 0.3 is 12.1 Å². The van der Waals surface area contributed by atoms with Crippen LogP contribution in [0.1, 0.15) is 52.7 Å². The maximum atomic E-state index is 13.3. The zero-order valence-electron chi connectivity index (χ0n) is 20.8. The smallest absolute Gasteiger partial charge is 0.426 e. The summed E-state index contributed by atoms with van der Waals surface area (Å²) in [4.78, 5) is 26.1. The highest BCUT2D eigenvalue weighted by atomic mass is 16.6. The van der Waals surface area contributed by atoms with Crippen molar-refractivity contribution in [2.24, 2.45) is 11.7 Å². The van der Waals surface area contributed by atoms with Gasteiger partial charge in [0, 0.05) is 6.04 Å². The van der Waals surface area contributed by atoms with E-state index in [-0.39, 0.29) is 12.6 Å². The molecule has 4 N–H and O–H groups in total. The number of ether oxygens (including phenoxy) is 2. The van der Waals surface area contributed by atoms with Gasteiger partial charge in [-0.05, 0) is 52.7 Å². The van der Waals surface area contributed by atoms with Gasteiger partial charge in [0.1, 0.15) is 18.3 Å². The van der Waals surface area contributed by atoms with E-state index < -0.39 is 35.3 Å². The van der Waals surface area contributed by atoms with Crippen LogP contribution in [0.4, 0.5) is 4.79 Å². The SMILES string of the molecule is CC(C)NN(C(=O)OC(C)(C)C)C(N)(c1ccccc1)[C@H](O)[C@H](C)C(=O)OCc1ccccc1. The molecule has 0 bridgehead atoms. The third-order valence-electron chi connectivity index (χ3n) is 5.09. The molecule has 8 heteroatoms. The molecule has 0 aliphatic rings. The summed E-state index contributed by atoms with van der Waals surface area (Å²) < 4.78 is 11.0. The summed E-state index contributed by atoms with van der Waals surface area (Å²) in [6, 6.07) is 17.6. The quantitative estimate of drug-likeness (QED) is 0.290. The van der Waals surface area contributed by atoms with Gasteiger partial charge in [-0.25, -0.2) is 15.2 Å². The second-order valence-electron chi connectivity index (χ2n) is 9.62. The van der Waals surface area contributed by atoms with Crippen LogP contribution in [0, 0.1) is 5.92 Å². The van der Waals surface area contributed by atoms with Gasteiger partial charge in [0.15, 0.2) is 5.66 Å². The highest BCUT2D eigenvalue weighted by Crippen LogP contribution is 2.32. The van der Waals surface area contributed by atoms with Crippen molar-refractivity contribution in [3.63, 3.8) is 0 Å². The molecule has 1 unspecified atom stereocenters.